The van der Waals surface area contributed by atoms with Gasteiger partial charge in [-0.2, -0.15) is 4.98 Å². The van der Waals surface area contributed by atoms with Crippen LogP contribution in [-0.4, -0.2) is 108 Å². The third-order valence-corrected chi connectivity index (χ3v) is 10.8. The quantitative estimate of drug-likeness (QED) is 0.215. The second-order valence-corrected chi connectivity index (χ2v) is 16.2. The predicted molar refractivity (Wildman–Crippen MR) is 188 cm³/mol. The van der Waals surface area contributed by atoms with E-state index in [0.29, 0.717) is 62.4 Å². The summed E-state index contributed by atoms with van der Waals surface area (Å²) in [6, 6.07) is 4.71. The minimum absolute atomic E-state index is 0.346. The van der Waals surface area contributed by atoms with Crippen molar-refractivity contribution in [2.24, 2.45) is 5.73 Å². The van der Waals surface area contributed by atoms with E-state index >= 15 is 0 Å². The number of anilines is 5. The number of aromatic nitrogens is 5. The van der Waals surface area contributed by atoms with Crippen LogP contribution in [0, 0.1) is 0 Å². The normalized spacial score (nSPS) is 17.0. The first-order valence-electron chi connectivity index (χ1n) is 15.4. The molecule has 0 atom stereocenters. The van der Waals surface area contributed by atoms with Gasteiger partial charge in [-0.15, -0.1) is 0 Å². The van der Waals surface area contributed by atoms with Gasteiger partial charge in [-0.05, 0) is 60.8 Å². The molecule has 0 amide bonds. The van der Waals surface area contributed by atoms with Crippen LogP contribution in [0.3, 0.4) is 0 Å². The summed E-state index contributed by atoms with van der Waals surface area (Å²) in [6.45, 7) is 10.3. The van der Waals surface area contributed by atoms with Crippen LogP contribution in [0.4, 0.5) is 28.8 Å². The Bertz CT molecular complexity index is 1750. The molecule has 13 nitrogen and oxygen atoms in total. The monoisotopic (exact) mass is 709 g/mol. The number of likely N-dealkylation sites (N-methyl/N-ethyl adjacent to an activating group) is 1. The van der Waals surface area contributed by atoms with Gasteiger partial charge >= 0.3 is 0 Å². The van der Waals surface area contributed by atoms with E-state index in [1.54, 1.807) is 45.2 Å². The van der Waals surface area contributed by atoms with E-state index in [1.165, 1.54) is 0 Å². The van der Waals surface area contributed by atoms with Gasteiger partial charge in [0.1, 0.15) is 24.2 Å². The van der Waals surface area contributed by atoms with Gasteiger partial charge in [-0.3, -0.25) is 9.88 Å². The molecular weight excluding hydrogens is 669 g/mol. The number of rotatable bonds is 9. The molecule has 2 aliphatic heterocycles. The fourth-order valence-corrected chi connectivity index (χ4v) is 7.96. The molecular formula is C31H41BrN11O2P. The number of ether oxygens (including phenoxy) is 1. The number of pyridine rings is 1. The van der Waals surface area contributed by atoms with Crippen molar-refractivity contribution in [2.45, 2.75) is 25.4 Å². The third kappa shape index (κ3) is 6.96. The number of fused-ring (bicyclic) bond motifs is 1. The molecule has 1 aromatic carbocycles. The lowest BCUT2D eigenvalue weighted by atomic mass is 10.00. The molecule has 5 heterocycles. The second-order valence-electron chi connectivity index (χ2n) is 12.2. The zero-order valence-corrected chi connectivity index (χ0v) is 29.2. The van der Waals surface area contributed by atoms with Gasteiger partial charge in [0.25, 0.3) is 0 Å². The number of benzene rings is 1. The molecule has 0 radical (unpaired) electrons. The number of nitrogens with zero attached hydrogens (tertiary/aromatic N) is 8. The van der Waals surface area contributed by atoms with E-state index in [1.807, 2.05) is 6.07 Å². The summed E-state index contributed by atoms with van der Waals surface area (Å²) in [5.41, 5.74) is 10.6. The van der Waals surface area contributed by atoms with Crippen molar-refractivity contribution in [3.63, 3.8) is 0 Å². The van der Waals surface area contributed by atoms with Gasteiger partial charge in [-0.1, -0.05) is 0 Å². The van der Waals surface area contributed by atoms with Crippen molar-refractivity contribution < 1.29 is 9.30 Å². The predicted octanol–water partition coefficient (Wildman–Crippen LogP) is 4.00. The summed E-state index contributed by atoms with van der Waals surface area (Å²) in [5.74, 6) is 1.49. The molecule has 0 unspecified atom stereocenters. The van der Waals surface area contributed by atoms with Crippen LogP contribution in [0.25, 0.3) is 11.2 Å². The molecule has 2 aliphatic rings. The lowest BCUT2D eigenvalue weighted by molar-refractivity contribution is 0.0982. The number of methoxy groups -OCH3 is 1. The summed E-state index contributed by atoms with van der Waals surface area (Å²) in [6.07, 6.45) is 8.65. The Labute approximate surface area is 277 Å². The Kier molecular flexibility index (Phi) is 9.72. The molecule has 4 N–H and O–H groups in total. The van der Waals surface area contributed by atoms with Crippen molar-refractivity contribution in [1.82, 2.24) is 34.7 Å². The Morgan fingerprint density at radius 3 is 2.41 bits per heavy atom. The maximum atomic E-state index is 13.4. The molecule has 0 aliphatic carbocycles. The van der Waals surface area contributed by atoms with Gasteiger partial charge in [0.15, 0.2) is 5.65 Å². The van der Waals surface area contributed by atoms with Crippen molar-refractivity contribution in [1.29, 1.82) is 0 Å². The number of piperazine rings is 1. The van der Waals surface area contributed by atoms with Crippen molar-refractivity contribution >= 4 is 68.4 Å². The molecule has 0 bridgehead atoms. The zero-order chi connectivity index (χ0) is 32.4. The Morgan fingerprint density at radius 1 is 0.978 bits per heavy atom. The molecule has 0 spiro atoms. The Balaban J connectivity index is 1.23. The van der Waals surface area contributed by atoms with E-state index in [2.05, 4.69) is 74.3 Å². The highest BCUT2D eigenvalue weighted by molar-refractivity contribution is 9.10. The minimum Gasteiger partial charge on any atom is -0.494 e. The summed E-state index contributed by atoms with van der Waals surface area (Å²) in [5, 5.41) is 7.18. The highest BCUT2D eigenvalue weighted by atomic mass is 79.9. The molecule has 4 aromatic rings. The van der Waals surface area contributed by atoms with Crippen LogP contribution in [0.15, 0.2) is 41.4 Å². The van der Waals surface area contributed by atoms with Crippen molar-refractivity contribution in [3.8, 4) is 5.75 Å². The molecule has 6 rings (SSSR count). The molecule has 3 aromatic heterocycles. The molecule has 244 valence electrons. The first-order chi connectivity index (χ1) is 22.1. The lowest BCUT2D eigenvalue weighted by Crippen LogP contribution is -2.52. The van der Waals surface area contributed by atoms with Crippen LogP contribution >= 0.6 is 23.1 Å². The summed E-state index contributed by atoms with van der Waals surface area (Å²) in [4.78, 5) is 29.8. The standard InChI is InChI=1S/C31H41BrN11O2P/c1-41-11-13-42(14-12-41)21-5-9-43(10-6-21)25-16-26(45-2)23(15-20(25)17-33)39-31-37-18-22(32)29(40-31)38-24-19-36-30-27(34-7-8-35-30)28(24)46(3,4)44/h7-8,15-16,18-19,21H,5-6,9-14,17,33H2,1-4H3,(H2,37,38,39,40). The van der Waals surface area contributed by atoms with Gasteiger partial charge in [0.2, 0.25) is 5.95 Å². The largest absolute Gasteiger partial charge is 0.494 e. The fraction of sp³-hybridized carbons (Fsp3) is 0.452. The van der Waals surface area contributed by atoms with Crippen LogP contribution < -0.4 is 31.3 Å². The van der Waals surface area contributed by atoms with Crippen molar-refractivity contribution in [3.05, 3.63) is 47.0 Å². The van der Waals surface area contributed by atoms with Crippen LogP contribution in [0.2, 0.25) is 0 Å². The number of hydrogen-bond acceptors (Lipinski definition) is 13. The first-order valence-corrected chi connectivity index (χ1v) is 18.8. The maximum absolute atomic E-state index is 13.4. The van der Waals surface area contributed by atoms with Gasteiger partial charge < -0.3 is 35.5 Å². The minimum atomic E-state index is -2.79. The number of nitrogens with one attached hydrogen (secondary N) is 2. The van der Waals surface area contributed by atoms with Crippen LogP contribution in [0.1, 0.15) is 18.4 Å². The third-order valence-electron chi connectivity index (χ3n) is 8.74. The Morgan fingerprint density at radius 2 is 1.72 bits per heavy atom. The first kappa shape index (κ1) is 32.5. The summed E-state index contributed by atoms with van der Waals surface area (Å²) >= 11 is 3.55. The van der Waals surface area contributed by atoms with E-state index in [9.17, 15) is 4.57 Å². The van der Waals surface area contributed by atoms with Gasteiger partial charge in [-0.25, -0.2) is 15.0 Å². The van der Waals surface area contributed by atoms with E-state index in [-0.39, 0.29) is 0 Å². The number of nitrogens with two attached hydrogens (primary N) is 1. The maximum Gasteiger partial charge on any atom is 0.229 e. The topological polar surface area (TPSA) is 151 Å². The lowest BCUT2D eigenvalue weighted by Gasteiger charge is -2.43. The smallest absolute Gasteiger partial charge is 0.229 e. The van der Waals surface area contributed by atoms with E-state index < -0.39 is 7.14 Å². The van der Waals surface area contributed by atoms with Gasteiger partial charge in [0, 0.05) is 82.2 Å². The molecule has 2 saturated heterocycles. The average Bonchev–Trinajstić information content (AvgIpc) is 3.06. The van der Waals surface area contributed by atoms with Gasteiger partial charge in [0.05, 0.1) is 34.5 Å². The molecule has 15 heteroatoms. The molecule has 46 heavy (non-hydrogen) atoms. The number of piperidine rings is 1. The number of halogens is 1. The summed E-state index contributed by atoms with van der Waals surface area (Å²) < 4.78 is 19.8. The summed E-state index contributed by atoms with van der Waals surface area (Å²) in [7, 11) is 1.07. The molecule has 0 saturated carbocycles. The zero-order valence-electron chi connectivity index (χ0n) is 26.7. The van der Waals surface area contributed by atoms with E-state index in [0.717, 1.165) is 63.4 Å². The number of hydrogen-bond donors (Lipinski definition) is 3. The van der Waals surface area contributed by atoms with Crippen LogP contribution in [0.5, 0.6) is 5.75 Å². The second kappa shape index (κ2) is 13.7. The van der Waals surface area contributed by atoms with Crippen molar-refractivity contribution in [2.75, 3.05) is 82.3 Å². The SMILES string of the molecule is COc1cc(N2CCC(N3CCN(C)CC3)CC2)c(CN)cc1Nc1ncc(Br)c(Nc2cnc3nccnc3c2P(C)(C)=O)n1. The molecule has 2 fully saturated rings. The highest BCUT2D eigenvalue weighted by Gasteiger charge is 2.28. The highest BCUT2D eigenvalue weighted by Crippen LogP contribution is 2.41. The van der Waals surface area contributed by atoms with Crippen LogP contribution in [-0.2, 0) is 11.1 Å². The Hall–Kier alpha value is -3.42. The average molecular weight is 711 g/mol. The van der Waals surface area contributed by atoms with E-state index in [4.69, 9.17) is 15.5 Å². The fourth-order valence-electron chi connectivity index (χ4n) is 6.30.